The topological polar surface area (TPSA) is 70.4 Å². The third-order valence-electron chi connectivity index (χ3n) is 4.78. The van der Waals surface area contributed by atoms with Gasteiger partial charge in [-0.2, -0.15) is 0 Å². The van der Waals surface area contributed by atoms with Crippen molar-refractivity contribution >= 4 is 17.3 Å². The first-order valence-corrected chi connectivity index (χ1v) is 9.07. The van der Waals surface area contributed by atoms with Gasteiger partial charge in [-0.15, -0.1) is 0 Å². The lowest BCUT2D eigenvalue weighted by Crippen LogP contribution is -2.35. The van der Waals surface area contributed by atoms with Crippen LogP contribution in [0.5, 0.6) is 0 Å². The molecule has 0 aliphatic carbocycles. The number of carbonyl (C=O) groups excluding carboxylic acids is 1. The van der Waals surface area contributed by atoms with Crippen LogP contribution in [0.4, 0.5) is 11.4 Å². The Bertz CT molecular complexity index is 949. The van der Waals surface area contributed by atoms with Crippen molar-refractivity contribution in [1.29, 1.82) is 0 Å². The minimum Gasteiger partial charge on any atom is -0.368 e. The quantitative estimate of drug-likeness (QED) is 0.730. The minimum atomic E-state index is -0.753. The van der Waals surface area contributed by atoms with E-state index in [4.69, 9.17) is 0 Å². The summed E-state index contributed by atoms with van der Waals surface area (Å²) in [5.74, 6) is 0.770. The second-order valence-corrected chi connectivity index (χ2v) is 6.73. The van der Waals surface area contributed by atoms with Gasteiger partial charge in [0.15, 0.2) is 12.0 Å². The lowest BCUT2D eigenvalue weighted by Gasteiger charge is -2.36. The van der Waals surface area contributed by atoms with Crippen LogP contribution in [0.15, 0.2) is 60.9 Å². The molecule has 1 aliphatic rings. The Hall–Kier alpha value is -3.12. The summed E-state index contributed by atoms with van der Waals surface area (Å²) < 4.78 is 1.90. The summed E-state index contributed by atoms with van der Waals surface area (Å²) in [7, 11) is 0. The number of rotatable bonds is 5. The van der Waals surface area contributed by atoms with Crippen molar-refractivity contribution in [2.24, 2.45) is 0 Å². The van der Waals surface area contributed by atoms with Crippen LogP contribution in [0.3, 0.4) is 0 Å². The van der Waals surface area contributed by atoms with E-state index < -0.39 is 6.23 Å². The fraction of sp³-hybridized carbons (Fsp3) is 0.238. The van der Waals surface area contributed by atoms with Gasteiger partial charge in [-0.25, -0.2) is 4.98 Å². The number of fused-ring (bicyclic) bond motifs is 3. The molecular formula is C21H22N4O2. The van der Waals surface area contributed by atoms with Crippen molar-refractivity contribution in [1.82, 2.24) is 9.55 Å². The number of anilines is 2. The maximum absolute atomic E-state index is 12.2. The number of carbonyl (C=O) groups is 1. The summed E-state index contributed by atoms with van der Waals surface area (Å²) in [6.45, 7) is 2.57. The van der Waals surface area contributed by atoms with Crippen molar-refractivity contribution in [3.8, 4) is 5.82 Å². The Kier molecular flexibility index (Phi) is 4.64. The summed E-state index contributed by atoms with van der Waals surface area (Å²) in [5.41, 5.74) is 3.61. The van der Waals surface area contributed by atoms with Gasteiger partial charge in [0.2, 0.25) is 5.91 Å². The fourth-order valence-corrected chi connectivity index (χ4v) is 3.40. The summed E-state index contributed by atoms with van der Waals surface area (Å²) >= 11 is 0. The normalized spacial score (nSPS) is 15.2. The Morgan fingerprint density at radius 1 is 1.19 bits per heavy atom. The van der Waals surface area contributed by atoms with E-state index >= 15 is 0 Å². The van der Waals surface area contributed by atoms with E-state index in [1.54, 1.807) is 6.20 Å². The highest BCUT2D eigenvalue weighted by Gasteiger charge is 2.29. The molecule has 2 N–H and O–H groups in total. The summed E-state index contributed by atoms with van der Waals surface area (Å²) in [6.07, 6.45) is 3.90. The van der Waals surface area contributed by atoms with Crippen LogP contribution >= 0.6 is 0 Å². The van der Waals surface area contributed by atoms with Gasteiger partial charge < -0.3 is 15.3 Å². The summed E-state index contributed by atoms with van der Waals surface area (Å²) in [4.78, 5) is 18.6. The number of nitrogens with one attached hydrogen (secondary N) is 1. The number of aliphatic hydroxyl groups is 1. The summed E-state index contributed by atoms with van der Waals surface area (Å²) in [6, 6.07) is 15.3. The molecule has 27 heavy (non-hydrogen) atoms. The first-order valence-electron chi connectivity index (χ1n) is 9.07. The number of hydrogen-bond acceptors (Lipinski definition) is 4. The van der Waals surface area contributed by atoms with Gasteiger partial charge in [0.05, 0.1) is 11.4 Å². The molecule has 0 bridgehead atoms. The van der Waals surface area contributed by atoms with E-state index in [1.165, 1.54) is 0 Å². The molecule has 0 spiro atoms. The maximum Gasteiger partial charge on any atom is 0.224 e. The first-order chi connectivity index (χ1) is 13.1. The number of hydrogen-bond donors (Lipinski definition) is 2. The molecule has 1 atom stereocenters. The molecule has 1 aromatic carbocycles. The van der Waals surface area contributed by atoms with E-state index in [9.17, 15) is 9.90 Å². The lowest BCUT2D eigenvalue weighted by molar-refractivity contribution is -0.116. The number of nitrogens with zero attached hydrogens (tertiary/aromatic N) is 3. The lowest BCUT2D eigenvalue weighted by atomic mass is 10.2. The van der Waals surface area contributed by atoms with Gasteiger partial charge in [-0.1, -0.05) is 17.7 Å². The molecule has 2 aromatic heterocycles. The number of aliphatic hydroxyl groups excluding tert-OH is 1. The molecule has 0 radical (unpaired) electrons. The van der Waals surface area contributed by atoms with E-state index in [-0.39, 0.29) is 5.91 Å². The number of benzene rings is 1. The largest absolute Gasteiger partial charge is 0.368 e. The Morgan fingerprint density at radius 3 is 2.81 bits per heavy atom. The van der Waals surface area contributed by atoms with Crippen molar-refractivity contribution in [2.45, 2.75) is 26.0 Å². The Labute approximate surface area is 158 Å². The van der Waals surface area contributed by atoms with Gasteiger partial charge in [0.1, 0.15) is 0 Å². The molecule has 4 rings (SSSR count). The van der Waals surface area contributed by atoms with Crippen molar-refractivity contribution < 1.29 is 9.90 Å². The highest BCUT2D eigenvalue weighted by molar-refractivity contribution is 5.90. The molecule has 6 heteroatoms. The Morgan fingerprint density at radius 2 is 2.00 bits per heavy atom. The van der Waals surface area contributed by atoms with E-state index in [2.05, 4.69) is 10.3 Å². The average Bonchev–Trinajstić information content (AvgIpc) is 3.17. The molecule has 3 aromatic rings. The van der Waals surface area contributed by atoms with Gasteiger partial charge in [-0.05, 0) is 49.7 Å². The fourth-order valence-electron chi connectivity index (χ4n) is 3.40. The van der Waals surface area contributed by atoms with Crippen LogP contribution in [0, 0.1) is 6.92 Å². The number of pyridine rings is 1. The first kappa shape index (κ1) is 17.3. The molecule has 0 saturated carbocycles. The third kappa shape index (κ3) is 3.44. The van der Waals surface area contributed by atoms with Gasteiger partial charge in [0.25, 0.3) is 0 Å². The number of amides is 1. The molecule has 1 amide bonds. The predicted molar refractivity (Wildman–Crippen MR) is 105 cm³/mol. The smallest absolute Gasteiger partial charge is 0.224 e. The Balaban J connectivity index is 1.41. The molecule has 0 saturated heterocycles. The number of aromatic nitrogens is 2. The molecule has 1 aliphatic heterocycles. The van der Waals surface area contributed by atoms with E-state index in [1.807, 2.05) is 71.1 Å². The second-order valence-electron chi connectivity index (χ2n) is 6.73. The van der Waals surface area contributed by atoms with Crippen LogP contribution in [0.25, 0.3) is 5.82 Å². The van der Waals surface area contributed by atoms with Crippen molar-refractivity contribution in [2.75, 3.05) is 16.8 Å². The van der Waals surface area contributed by atoms with Crippen LogP contribution in [-0.4, -0.2) is 27.1 Å². The minimum absolute atomic E-state index is 0.0277. The molecular weight excluding hydrogens is 340 g/mol. The zero-order valence-corrected chi connectivity index (χ0v) is 15.2. The van der Waals surface area contributed by atoms with Crippen LogP contribution in [-0.2, 0) is 4.79 Å². The number of aryl methyl sites for hydroxylation is 1. The van der Waals surface area contributed by atoms with Crippen molar-refractivity contribution in [3.63, 3.8) is 0 Å². The molecule has 6 nitrogen and oxygen atoms in total. The average molecular weight is 362 g/mol. The molecule has 1 unspecified atom stereocenters. The van der Waals surface area contributed by atoms with E-state index in [0.29, 0.717) is 19.4 Å². The van der Waals surface area contributed by atoms with E-state index in [0.717, 1.165) is 28.5 Å². The third-order valence-corrected chi connectivity index (χ3v) is 4.78. The highest BCUT2D eigenvalue weighted by atomic mass is 16.3. The van der Waals surface area contributed by atoms with Gasteiger partial charge in [0, 0.05) is 31.0 Å². The standard InChI is InChI=1S/C21H22N4O2/c1-15-8-10-16(11-9-15)23-19(26)7-4-14-25-17-5-2-12-22-20(17)24-13-3-6-18(24)21(25)27/h2-3,5-6,8-13,21,27H,4,7,14H2,1H3,(H,23,26). The second kappa shape index (κ2) is 7.25. The zero-order chi connectivity index (χ0) is 18.8. The molecule has 138 valence electrons. The molecule has 0 fully saturated rings. The molecule has 3 heterocycles. The maximum atomic E-state index is 12.2. The SMILES string of the molecule is Cc1ccc(NC(=O)CCCN2c3cccnc3-n3cccc3C2O)cc1. The van der Waals surface area contributed by atoms with Crippen LogP contribution in [0.2, 0.25) is 0 Å². The summed E-state index contributed by atoms with van der Waals surface area (Å²) in [5, 5.41) is 13.7. The van der Waals surface area contributed by atoms with Crippen LogP contribution < -0.4 is 10.2 Å². The highest BCUT2D eigenvalue weighted by Crippen LogP contribution is 2.36. The predicted octanol–water partition coefficient (Wildman–Crippen LogP) is 3.41. The van der Waals surface area contributed by atoms with Gasteiger partial charge >= 0.3 is 0 Å². The zero-order valence-electron chi connectivity index (χ0n) is 15.2. The van der Waals surface area contributed by atoms with Gasteiger partial charge in [-0.3, -0.25) is 9.36 Å². The van der Waals surface area contributed by atoms with Crippen molar-refractivity contribution in [3.05, 3.63) is 72.2 Å². The van der Waals surface area contributed by atoms with Crippen LogP contribution in [0.1, 0.15) is 30.3 Å². The monoisotopic (exact) mass is 362 g/mol.